The third kappa shape index (κ3) is 3.85. The Labute approximate surface area is 178 Å². The Bertz CT molecular complexity index is 1010. The number of likely N-dealkylation sites (N-methyl/N-ethyl adjacent to an activating group) is 1. The molecule has 4 rings (SSSR count). The zero-order chi connectivity index (χ0) is 19.8. The van der Waals surface area contributed by atoms with Crippen LogP contribution in [0.15, 0.2) is 59.0 Å². The van der Waals surface area contributed by atoms with Crippen molar-refractivity contribution in [1.29, 1.82) is 0 Å². The van der Waals surface area contributed by atoms with Crippen molar-refractivity contribution in [3.05, 3.63) is 81.0 Å². The topological polar surface area (TPSA) is 33.5 Å². The summed E-state index contributed by atoms with van der Waals surface area (Å²) in [6.45, 7) is 1.44. The SMILES string of the molecule is CN1C[C@@H](C(=O)c2ccc(Cl)cc2)[C@H](c2ccc(-c3ccc(Cl)cc3Cl)o2)C1. The normalized spacial score (nSPS) is 19.9. The van der Waals surface area contributed by atoms with Crippen molar-refractivity contribution in [2.24, 2.45) is 5.92 Å². The Hall–Kier alpha value is -1.78. The van der Waals surface area contributed by atoms with Gasteiger partial charge in [-0.05, 0) is 61.6 Å². The summed E-state index contributed by atoms with van der Waals surface area (Å²) < 4.78 is 6.13. The summed E-state index contributed by atoms with van der Waals surface area (Å²) in [6.07, 6.45) is 0. The first kappa shape index (κ1) is 19.5. The Kier molecular flexibility index (Phi) is 5.52. The van der Waals surface area contributed by atoms with E-state index in [1.54, 1.807) is 36.4 Å². The van der Waals surface area contributed by atoms with Crippen molar-refractivity contribution in [3.63, 3.8) is 0 Å². The minimum Gasteiger partial charge on any atom is -0.461 e. The van der Waals surface area contributed by atoms with Gasteiger partial charge >= 0.3 is 0 Å². The Morgan fingerprint density at radius 1 is 0.964 bits per heavy atom. The molecule has 0 bridgehead atoms. The fraction of sp³-hybridized carbons (Fsp3) is 0.227. The van der Waals surface area contributed by atoms with Gasteiger partial charge in [0.15, 0.2) is 5.78 Å². The first-order valence-corrected chi connectivity index (χ1v) is 10.1. The number of furan rings is 1. The van der Waals surface area contributed by atoms with E-state index < -0.39 is 0 Å². The average Bonchev–Trinajstić information content (AvgIpc) is 3.28. The quantitative estimate of drug-likeness (QED) is 0.443. The van der Waals surface area contributed by atoms with Crippen LogP contribution < -0.4 is 0 Å². The highest BCUT2D eigenvalue weighted by atomic mass is 35.5. The minimum atomic E-state index is -0.175. The van der Waals surface area contributed by atoms with Gasteiger partial charge in [0.1, 0.15) is 11.5 Å². The number of hydrogen-bond donors (Lipinski definition) is 0. The third-order valence-electron chi connectivity index (χ3n) is 5.16. The monoisotopic (exact) mass is 433 g/mol. The number of nitrogens with zero attached hydrogens (tertiary/aromatic N) is 1. The van der Waals surface area contributed by atoms with Gasteiger partial charge in [0.25, 0.3) is 0 Å². The van der Waals surface area contributed by atoms with Crippen molar-refractivity contribution in [2.45, 2.75) is 5.92 Å². The number of carbonyl (C=O) groups excluding carboxylic acids is 1. The molecule has 0 unspecified atom stereocenters. The lowest BCUT2D eigenvalue weighted by Gasteiger charge is -2.15. The summed E-state index contributed by atoms with van der Waals surface area (Å²) in [5, 5.41) is 1.73. The zero-order valence-corrected chi connectivity index (χ0v) is 17.4. The molecule has 3 aromatic rings. The molecule has 1 aliphatic heterocycles. The molecule has 0 N–H and O–H groups in total. The Morgan fingerprint density at radius 2 is 1.68 bits per heavy atom. The maximum atomic E-state index is 13.1. The molecule has 0 amide bonds. The van der Waals surface area contributed by atoms with Crippen LogP contribution in [0.1, 0.15) is 22.0 Å². The van der Waals surface area contributed by atoms with Gasteiger partial charge < -0.3 is 9.32 Å². The van der Waals surface area contributed by atoms with Gasteiger partial charge in [0.05, 0.1) is 5.02 Å². The highest BCUT2D eigenvalue weighted by Crippen LogP contribution is 2.38. The van der Waals surface area contributed by atoms with Crippen LogP contribution in [0.2, 0.25) is 15.1 Å². The molecule has 28 heavy (non-hydrogen) atoms. The molecule has 2 heterocycles. The molecule has 0 spiro atoms. The molecule has 0 aliphatic carbocycles. The second-order valence-electron chi connectivity index (χ2n) is 7.13. The molecule has 1 saturated heterocycles. The Morgan fingerprint density at radius 3 is 2.39 bits per heavy atom. The number of likely N-dealkylation sites (tertiary alicyclic amines) is 1. The minimum absolute atomic E-state index is 0.0204. The summed E-state index contributed by atoms with van der Waals surface area (Å²) in [6, 6.07) is 16.2. The van der Waals surface area contributed by atoms with Crippen LogP contribution in [-0.2, 0) is 0 Å². The van der Waals surface area contributed by atoms with E-state index in [9.17, 15) is 4.79 Å². The second-order valence-corrected chi connectivity index (χ2v) is 8.41. The fourth-order valence-electron chi connectivity index (χ4n) is 3.77. The van der Waals surface area contributed by atoms with Crippen molar-refractivity contribution in [2.75, 3.05) is 20.1 Å². The number of carbonyl (C=O) groups is 1. The molecular formula is C22H18Cl3NO2. The van der Waals surface area contributed by atoms with Gasteiger partial charge in [-0.3, -0.25) is 4.79 Å². The van der Waals surface area contributed by atoms with E-state index >= 15 is 0 Å². The van der Waals surface area contributed by atoms with Crippen LogP contribution in [0, 0.1) is 5.92 Å². The van der Waals surface area contributed by atoms with Crippen molar-refractivity contribution in [1.82, 2.24) is 4.90 Å². The largest absolute Gasteiger partial charge is 0.461 e. The predicted molar refractivity (Wildman–Crippen MR) is 114 cm³/mol. The highest BCUT2D eigenvalue weighted by Gasteiger charge is 2.39. The van der Waals surface area contributed by atoms with Gasteiger partial charge in [-0.2, -0.15) is 0 Å². The lowest BCUT2D eigenvalue weighted by atomic mass is 9.87. The summed E-state index contributed by atoms with van der Waals surface area (Å²) in [7, 11) is 2.02. The molecule has 2 aromatic carbocycles. The molecule has 1 aliphatic rings. The van der Waals surface area contributed by atoms with E-state index in [1.165, 1.54) is 0 Å². The molecule has 1 aromatic heterocycles. The molecule has 0 saturated carbocycles. The van der Waals surface area contributed by atoms with Crippen molar-refractivity contribution < 1.29 is 9.21 Å². The first-order chi connectivity index (χ1) is 13.4. The van der Waals surface area contributed by atoms with E-state index in [0.29, 0.717) is 32.9 Å². The average molecular weight is 435 g/mol. The smallest absolute Gasteiger partial charge is 0.168 e. The standard InChI is InChI=1S/C22H18Cl3NO2/c1-26-11-17(18(12-26)22(27)13-2-4-14(23)5-3-13)21-9-8-20(28-21)16-7-6-15(24)10-19(16)25/h2-10,17-18H,11-12H2,1H3/t17-,18-/m1/s1. The first-order valence-electron chi connectivity index (χ1n) is 8.96. The number of ketones is 1. The molecule has 3 nitrogen and oxygen atoms in total. The van der Waals surface area contributed by atoms with E-state index in [-0.39, 0.29) is 17.6 Å². The third-order valence-corrected chi connectivity index (χ3v) is 5.96. The van der Waals surface area contributed by atoms with E-state index in [4.69, 9.17) is 39.2 Å². The maximum absolute atomic E-state index is 13.1. The van der Waals surface area contributed by atoms with Crippen molar-refractivity contribution >= 4 is 40.6 Å². The van der Waals surface area contributed by atoms with Gasteiger partial charge in [-0.25, -0.2) is 0 Å². The summed E-state index contributed by atoms with van der Waals surface area (Å²) in [4.78, 5) is 15.3. The van der Waals surface area contributed by atoms with Crippen LogP contribution in [0.25, 0.3) is 11.3 Å². The van der Waals surface area contributed by atoms with Gasteiger partial charge in [-0.1, -0.05) is 34.8 Å². The molecule has 6 heteroatoms. The zero-order valence-electron chi connectivity index (χ0n) is 15.2. The molecule has 144 valence electrons. The van der Waals surface area contributed by atoms with E-state index in [1.807, 2.05) is 25.2 Å². The lowest BCUT2D eigenvalue weighted by Crippen LogP contribution is -2.22. The number of Topliss-reactive ketones (excluding diaryl/α,β-unsaturated/α-hetero) is 1. The highest BCUT2D eigenvalue weighted by molar-refractivity contribution is 6.36. The van der Waals surface area contributed by atoms with Crippen LogP contribution >= 0.6 is 34.8 Å². The maximum Gasteiger partial charge on any atom is 0.168 e. The summed E-state index contributed by atoms with van der Waals surface area (Å²) in [5.74, 6) is 1.37. The Balaban J connectivity index is 1.63. The van der Waals surface area contributed by atoms with Crippen LogP contribution in [0.5, 0.6) is 0 Å². The van der Waals surface area contributed by atoms with Gasteiger partial charge in [-0.15, -0.1) is 0 Å². The lowest BCUT2D eigenvalue weighted by molar-refractivity contribution is 0.0911. The number of rotatable bonds is 4. The number of benzene rings is 2. The summed E-state index contributed by atoms with van der Waals surface area (Å²) in [5.41, 5.74) is 1.45. The van der Waals surface area contributed by atoms with Crippen LogP contribution in [0.4, 0.5) is 0 Å². The predicted octanol–water partition coefficient (Wildman–Crippen LogP) is 6.43. The van der Waals surface area contributed by atoms with Crippen LogP contribution in [0.3, 0.4) is 0 Å². The van der Waals surface area contributed by atoms with E-state index in [2.05, 4.69) is 4.90 Å². The molecule has 1 fully saturated rings. The fourth-order valence-corrected chi connectivity index (χ4v) is 4.40. The molecule has 0 radical (unpaired) electrons. The molecule has 2 atom stereocenters. The van der Waals surface area contributed by atoms with Gasteiger partial charge in [0.2, 0.25) is 0 Å². The van der Waals surface area contributed by atoms with E-state index in [0.717, 1.165) is 17.9 Å². The second kappa shape index (κ2) is 7.92. The van der Waals surface area contributed by atoms with Crippen LogP contribution in [-0.4, -0.2) is 30.8 Å². The number of halogens is 3. The van der Waals surface area contributed by atoms with Gasteiger partial charge in [0, 0.05) is 46.1 Å². The number of hydrogen-bond acceptors (Lipinski definition) is 3. The molecular weight excluding hydrogens is 417 g/mol. The van der Waals surface area contributed by atoms with Crippen molar-refractivity contribution in [3.8, 4) is 11.3 Å². The summed E-state index contributed by atoms with van der Waals surface area (Å²) >= 11 is 18.2.